The molecule has 0 saturated heterocycles. The van der Waals surface area contributed by atoms with Gasteiger partial charge in [-0.15, -0.1) is 11.3 Å². The first-order chi connectivity index (χ1) is 10.5. The number of carbonyl (C=O) groups is 1. The highest BCUT2D eigenvalue weighted by atomic mass is 32.1. The Morgan fingerprint density at radius 3 is 2.64 bits per heavy atom. The van der Waals surface area contributed by atoms with E-state index < -0.39 is 0 Å². The third kappa shape index (κ3) is 4.82. The van der Waals surface area contributed by atoms with Crippen LogP contribution >= 0.6 is 11.3 Å². The molecule has 0 aliphatic rings. The van der Waals surface area contributed by atoms with Crippen LogP contribution in [0.3, 0.4) is 0 Å². The van der Waals surface area contributed by atoms with E-state index in [9.17, 15) is 4.79 Å². The zero-order chi connectivity index (χ0) is 16.0. The molecule has 6 heteroatoms. The maximum atomic E-state index is 11.9. The standard InChI is InChI=1S/C16H21N3O2S/c1-4-21-16(2,3)11-18-15(20)19-13-7-5-12(6-8-13)14-17-9-10-22-14/h5-10H,4,11H2,1-3H3,(H2,18,19,20). The lowest BCUT2D eigenvalue weighted by Gasteiger charge is -2.24. The zero-order valence-electron chi connectivity index (χ0n) is 13.1. The van der Waals surface area contributed by atoms with Crippen LogP contribution in [0.1, 0.15) is 20.8 Å². The molecule has 1 aromatic heterocycles. The van der Waals surface area contributed by atoms with Gasteiger partial charge in [-0.1, -0.05) is 0 Å². The Labute approximate surface area is 134 Å². The predicted octanol–water partition coefficient (Wildman–Crippen LogP) is 3.75. The number of anilines is 1. The van der Waals surface area contributed by atoms with Gasteiger partial charge in [0.2, 0.25) is 0 Å². The van der Waals surface area contributed by atoms with Gasteiger partial charge in [-0.05, 0) is 45.0 Å². The molecule has 0 aliphatic carbocycles. The monoisotopic (exact) mass is 319 g/mol. The van der Waals surface area contributed by atoms with Crippen LogP contribution in [-0.4, -0.2) is 29.8 Å². The highest BCUT2D eigenvalue weighted by molar-refractivity contribution is 7.13. The van der Waals surface area contributed by atoms with E-state index in [0.717, 1.165) is 16.3 Å². The normalized spacial score (nSPS) is 11.2. The fourth-order valence-electron chi connectivity index (χ4n) is 1.97. The van der Waals surface area contributed by atoms with Gasteiger partial charge in [-0.2, -0.15) is 0 Å². The molecule has 1 aromatic carbocycles. The Balaban J connectivity index is 1.87. The number of carbonyl (C=O) groups excluding carboxylic acids is 1. The van der Waals surface area contributed by atoms with E-state index in [2.05, 4.69) is 15.6 Å². The minimum absolute atomic E-state index is 0.241. The van der Waals surface area contributed by atoms with Gasteiger partial charge in [-0.3, -0.25) is 0 Å². The van der Waals surface area contributed by atoms with Crippen LogP contribution in [-0.2, 0) is 4.74 Å². The van der Waals surface area contributed by atoms with Gasteiger partial charge >= 0.3 is 6.03 Å². The molecule has 2 amide bonds. The predicted molar refractivity (Wildman–Crippen MR) is 90.3 cm³/mol. The summed E-state index contributed by atoms with van der Waals surface area (Å²) in [4.78, 5) is 16.1. The molecule has 118 valence electrons. The maximum absolute atomic E-state index is 11.9. The summed E-state index contributed by atoms with van der Waals surface area (Å²) in [5.41, 5.74) is 1.41. The average molecular weight is 319 g/mol. The Bertz CT molecular complexity index is 594. The molecule has 2 N–H and O–H groups in total. The van der Waals surface area contributed by atoms with Gasteiger partial charge < -0.3 is 15.4 Å². The summed E-state index contributed by atoms with van der Waals surface area (Å²) in [7, 11) is 0. The number of nitrogens with zero attached hydrogens (tertiary/aromatic N) is 1. The summed E-state index contributed by atoms with van der Waals surface area (Å²) in [6, 6.07) is 7.38. The first-order valence-corrected chi connectivity index (χ1v) is 8.07. The van der Waals surface area contributed by atoms with Crippen molar-refractivity contribution in [2.24, 2.45) is 0 Å². The van der Waals surface area contributed by atoms with E-state index in [1.807, 2.05) is 50.4 Å². The number of hydrogen-bond acceptors (Lipinski definition) is 4. The number of hydrogen-bond donors (Lipinski definition) is 2. The van der Waals surface area contributed by atoms with Gasteiger partial charge in [0.15, 0.2) is 0 Å². The molecule has 0 atom stereocenters. The van der Waals surface area contributed by atoms with Crippen molar-refractivity contribution in [3.8, 4) is 10.6 Å². The van der Waals surface area contributed by atoms with Gasteiger partial charge in [0.25, 0.3) is 0 Å². The number of aromatic nitrogens is 1. The van der Waals surface area contributed by atoms with Crippen molar-refractivity contribution in [2.75, 3.05) is 18.5 Å². The van der Waals surface area contributed by atoms with Gasteiger partial charge in [0, 0.05) is 36.0 Å². The number of urea groups is 1. The maximum Gasteiger partial charge on any atom is 0.319 e. The van der Waals surface area contributed by atoms with E-state index in [-0.39, 0.29) is 11.6 Å². The fourth-order valence-corrected chi connectivity index (χ4v) is 2.62. The largest absolute Gasteiger partial charge is 0.374 e. The summed E-state index contributed by atoms with van der Waals surface area (Å²) in [6.07, 6.45) is 1.78. The minimum atomic E-state index is -0.374. The molecule has 0 aliphatic heterocycles. The van der Waals surface area contributed by atoms with Crippen LogP contribution in [0.2, 0.25) is 0 Å². The highest BCUT2D eigenvalue weighted by Crippen LogP contribution is 2.23. The zero-order valence-corrected chi connectivity index (χ0v) is 13.9. The van der Waals surface area contributed by atoms with Crippen molar-refractivity contribution < 1.29 is 9.53 Å². The Hall–Kier alpha value is -1.92. The van der Waals surface area contributed by atoms with Crippen molar-refractivity contribution in [3.63, 3.8) is 0 Å². The van der Waals surface area contributed by atoms with Crippen LogP contribution < -0.4 is 10.6 Å². The van der Waals surface area contributed by atoms with Crippen molar-refractivity contribution in [3.05, 3.63) is 35.8 Å². The molecule has 0 saturated carbocycles. The summed E-state index contributed by atoms with van der Waals surface area (Å²) in [5, 5.41) is 8.53. The number of benzene rings is 1. The summed E-state index contributed by atoms with van der Waals surface area (Å²) in [6.45, 7) is 6.89. The van der Waals surface area contributed by atoms with Crippen LogP contribution in [0.15, 0.2) is 35.8 Å². The second-order valence-corrected chi connectivity index (χ2v) is 6.31. The van der Waals surface area contributed by atoms with E-state index in [0.29, 0.717) is 13.2 Å². The Morgan fingerprint density at radius 2 is 2.05 bits per heavy atom. The van der Waals surface area contributed by atoms with E-state index in [1.165, 1.54) is 0 Å². The second-order valence-electron chi connectivity index (χ2n) is 5.41. The molecular weight excluding hydrogens is 298 g/mol. The van der Waals surface area contributed by atoms with Crippen LogP contribution in [0.25, 0.3) is 10.6 Å². The van der Waals surface area contributed by atoms with Crippen molar-refractivity contribution in [1.29, 1.82) is 0 Å². The molecule has 5 nitrogen and oxygen atoms in total. The lowest BCUT2D eigenvalue weighted by atomic mass is 10.1. The number of thiazole rings is 1. The number of rotatable bonds is 6. The highest BCUT2D eigenvalue weighted by Gasteiger charge is 2.18. The summed E-state index contributed by atoms with van der Waals surface area (Å²) < 4.78 is 5.54. The van der Waals surface area contributed by atoms with Crippen LogP contribution in [0.4, 0.5) is 10.5 Å². The number of ether oxygens (including phenoxy) is 1. The van der Waals surface area contributed by atoms with E-state index in [4.69, 9.17) is 4.74 Å². The minimum Gasteiger partial charge on any atom is -0.374 e. The lowest BCUT2D eigenvalue weighted by Crippen LogP contribution is -2.42. The lowest BCUT2D eigenvalue weighted by molar-refractivity contribution is -0.00662. The van der Waals surface area contributed by atoms with Gasteiger partial charge in [0.05, 0.1) is 5.60 Å². The van der Waals surface area contributed by atoms with Crippen molar-refractivity contribution >= 4 is 23.1 Å². The third-order valence-electron chi connectivity index (χ3n) is 3.03. The molecule has 0 fully saturated rings. The summed E-state index contributed by atoms with van der Waals surface area (Å²) in [5.74, 6) is 0. The molecule has 0 unspecified atom stereocenters. The molecule has 0 radical (unpaired) electrons. The Morgan fingerprint density at radius 1 is 1.32 bits per heavy atom. The first kappa shape index (κ1) is 16.5. The first-order valence-electron chi connectivity index (χ1n) is 7.19. The van der Waals surface area contributed by atoms with Crippen molar-refractivity contribution in [2.45, 2.75) is 26.4 Å². The fraction of sp³-hybridized carbons (Fsp3) is 0.375. The third-order valence-corrected chi connectivity index (χ3v) is 3.85. The average Bonchev–Trinajstić information content (AvgIpc) is 3.00. The van der Waals surface area contributed by atoms with Gasteiger partial charge in [-0.25, -0.2) is 9.78 Å². The quantitative estimate of drug-likeness (QED) is 0.852. The van der Waals surface area contributed by atoms with Crippen LogP contribution in [0.5, 0.6) is 0 Å². The van der Waals surface area contributed by atoms with Gasteiger partial charge in [0.1, 0.15) is 5.01 Å². The molecular formula is C16H21N3O2S. The molecule has 22 heavy (non-hydrogen) atoms. The SMILES string of the molecule is CCOC(C)(C)CNC(=O)Nc1ccc(-c2nccs2)cc1. The number of nitrogens with one attached hydrogen (secondary N) is 2. The molecule has 2 rings (SSSR count). The molecule has 0 bridgehead atoms. The van der Waals surface area contributed by atoms with Crippen LogP contribution in [0, 0.1) is 0 Å². The molecule has 1 heterocycles. The Kier molecular flexibility index (Phi) is 5.51. The van der Waals surface area contributed by atoms with Crippen molar-refractivity contribution in [1.82, 2.24) is 10.3 Å². The molecule has 0 spiro atoms. The van der Waals surface area contributed by atoms with E-state index >= 15 is 0 Å². The molecule has 2 aromatic rings. The number of amides is 2. The van der Waals surface area contributed by atoms with E-state index in [1.54, 1.807) is 17.5 Å². The smallest absolute Gasteiger partial charge is 0.319 e. The summed E-state index contributed by atoms with van der Waals surface area (Å²) >= 11 is 1.59. The topological polar surface area (TPSA) is 63.2 Å². The second kappa shape index (κ2) is 7.38.